The first-order valence-corrected chi connectivity index (χ1v) is 12.7. The van der Waals surface area contributed by atoms with Gasteiger partial charge in [0.1, 0.15) is 17.2 Å². The molecule has 0 radical (unpaired) electrons. The van der Waals surface area contributed by atoms with Crippen LogP contribution in [0.3, 0.4) is 0 Å². The maximum atomic E-state index is 9.99. The Morgan fingerprint density at radius 2 is 1.54 bits per heavy atom. The van der Waals surface area contributed by atoms with E-state index in [1.54, 1.807) is 24.3 Å². The zero-order valence-electron chi connectivity index (χ0n) is 20.7. The van der Waals surface area contributed by atoms with Crippen molar-refractivity contribution < 1.29 is 14.9 Å². The van der Waals surface area contributed by atoms with Crippen molar-refractivity contribution in [3.05, 3.63) is 126 Å². The van der Waals surface area contributed by atoms with Gasteiger partial charge >= 0.3 is 0 Å². The zero-order chi connectivity index (χ0) is 25.5. The average Bonchev–Trinajstić information content (AvgIpc) is 3.19. The molecule has 1 aliphatic heterocycles. The van der Waals surface area contributed by atoms with E-state index in [1.807, 2.05) is 54.8 Å². The maximum Gasteiger partial charge on any atom is 0.119 e. The Hall–Kier alpha value is -4.44. The van der Waals surface area contributed by atoms with E-state index >= 15 is 0 Å². The topological polar surface area (TPSA) is 61.7 Å². The van der Waals surface area contributed by atoms with Crippen LogP contribution in [0.15, 0.2) is 115 Å². The van der Waals surface area contributed by atoms with Gasteiger partial charge in [0, 0.05) is 11.9 Å². The molecule has 0 fully saturated rings. The minimum absolute atomic E-state index is 0.249. The Labute approximate surface area is 217 Å². The molecule has 0 saturated heterocycles. The molecule has 1 aliphatic rings. The number of aromatic hydroxyl groups is 2. The molecule has 0 aromatic heterocycles. The largest absolute Gasteiger partial charge is 0.508 e. The minimum Gasteiger partial charge on any atom is -0.508 e. The number of unbranched alkanes of at least 4 members (excludes halogenated alkanes) is 1. The lowest BCUT2D eigenvalue weighted by atomic mass is 9.90. The Morgan fingerprint density at radius 3 is 2.38 bits per heavy atom. The summed E-state index contributed by atoms with van der Waals surface area (Å²) in [4.78, 5) is 0. The van der Waals surface area contributed by atoms with Gasteiger partial charge in [0.05, 0.1) is 6.61 Å². The molecule has 5 rings (SSSR count). The van der Waals surface area contributed by atoms with Crippen LogP contribution in [0.4, 0.5) is 0 Å². The van der Waals surface area contributed by atoms with Crippen molar-refractivity contribution in [2.45, 2.75) is 25.7 Å². The SMILES string of the molecule is Oc1ccc(-c2ccc3cc(O)ccc3c2Cc2ccc(OCCCCC3=CC=CC=CN3)cc2)cc1. The quantitative estimate of drug-likeness (QED) is 0.212. The number of phenols is 2. The van der Waals surface area contributed by atoms with E-state index in [1.165, 1.54) is 16.8 Å². The lowest BCUT2D eigenvalue weighted by molar-refractivity contribution is 0.306. The summed E-state index contributed by atoms with van der Waals surface area (Å²) in [6.07, 6.45) is 13.9. The summed E-state index contributed by atoms with van der Waals surface area (Å²) in [5.41, 5.74) is 5.75. The van der Waals surface area contributed by atoms with E-state index in [2.05, 4.69) is 35.7 Å². The van der Waals surface area contributed by atoms with E-state index in [-0.39, 0.29) is 11.5 Å². The first-order valence-electron chi connectivity index (χ1n) is 12.7. The number of fused-ring (bicyclic) bond motifs is 1. The average molecular weight is 490 g/mol. The second kappa shape index (κ2) is 11.5. The van der Waals surface area contributed by atoms with Crippen molar-refractivity contribution in [3.63, 3.8) is 0 Å². The van der Waals surface area contributed by atoms with Crippen molar-refractivity contribution in [3.8, 4) is 28.4 Å². The number of allylic oxidation sites excluding steroid dienone is 5. The molecular formula is C33H31NO3. The molecule has 186 valence electrons. The first kappa shape index (κ1) is 24.3. The van der Waals surface area contributed by atoms with Crippen molar-refractivity contribution in [1.29, 1.82) is 0 Å². The highest BCUT2D eigenvalue weighted by Gasteiger charge is 2.12. The highest BCUT2D eigenvalue weighted by Crippen LogP contribution is 2.34. The second-order valence-corrected chi connectivity index (χ2v) is 9.25. The smallest absolute Gasteiger partial charge is 0.119 e. The second-order valence-electron chi connectivity index (χ2n) is 9.25. The normalized spacial score (nSPS) is 12.7. The van der Waals surface area contributed by atoms with Gasteiger partial charge in [-0.1, -0.05) is 54.6 Å². The van der Waals surface area contributed by atoms with Gasteiger partial charge in [0.25, 0.3) is 0 Å². The molecule has 0 atom stereocenters. The standard InChI is InChI=1S/C33H31NO3/c35-28-13-10-25(11-14-28)31-18-12-26-23-29(36)15-19-32(26)33(31)22-24-8-16-30(17-9-24)37-21-5-3-7-27-6-2-1-4-20-34-27/h1-2,4,6,8-20,23,34-36H,3,5,7,21-22H2. The van der Waals surface area contributed by atoms with Crippen molar-refractivity contribution in [2.75, 3.05) is 6.61 Å². The van der Waals surface area contributed by atoms with E-state index in [9.17, 15) is 10.2 Å². The Kier molecular flexibility index (Phi) is 7.56. The van der Waals surface area contributed by atoms with Crippen LogP contribution < -0.4 is 10.1 Å². The summed E-state index contributed by atoms with van der Waals surface area (Å²) >= 11 is 0. The fourth-order valence-corrected chi connectivity index (χ4v) is 4.65. The molecule has 0 unspecified atom stereocenters. The van der Waals surface area contributed by atoms with Crippen LogP contribution >= 0.6 is 0 Å². The van der Waals surface area contributed by atoms with Crippen LogP contribution in [0.1, 0.15) is 30.4 Å². The van der Waals surface area contributed by atoms with Gasteiger partial charge in [0.15, 0.2) is 0 Å². The third-order valence-electron chi connectivity index (χ3n) is 6.59. The molecule has 0 aliphatic carbocycles. The summed E-state index contributed by atoms with van der Waals surface area (Å²) in [6, 6.07) is 25.3. The van der Waals surface area contributed by atoms with Crippen LogP contribution in [-0.2, 0) is 6.42 Å². The number of ether oxygens (including phenoxy) is 1. The fraction of sp³-hybridized carbons (Fsp3) is 0.152. The van der Waals surface area contributed by atoms with Crippen LogP contribution in [0.25, 0.3) is 21.9 Å². The molecule has 4 aromatic carbocycles. The Balaban J connectivity index is 1.26. The number of hydrogen-bond donors (Lipinski definition) is 3. The maximum absolute atomic E-state index is 9.99. The van der Waals surface area contributed by atoms with Gasteiger partial charge in [-0.2, -0.15) is 0 Å². The molecular weight excluding hydrogens is 458 g/mol. The predicted octanol–water partition coefficient (Wildman–Crippen LogP) is 7.61. The molecule has 0 amide bonds. The molecule has 1 heterocycles. The predicted molar refractivity (Wildman–Crippen MR) is 151 cm³/mol. The number of hydrogen-bond acceptors (Lipinski definition) is 4. The summed E-state index contributed by atoms with van der Waals surface area (Å²) in [5, 5.41) is 25.1. The number of nitrogens with one attached hydrogen (secondary N) is 1. The van der Waals surface area contributed by atoms with E-state index in [4.69, 9.17) is 4.74 Å². The van der Waals surface area contributed by atoms with Gasteiger partial charge in [-0.15, -0.1) is 0 Å². The van der Waals surface area contributed by atoms with Crippen LogP contribution in [0.5, 0.6) is 17.2 Å². The van der Waals surface area contributed by atoms with E-state index in [0.717, 1.165) is 53.3 Å². The molecule has 0 saturated carbocycles. The molecule has 0 spiro atoms. The minimum atomic E-state index is 0.249. The molecule has 4 heteroatoms. The highest BCUT2D eigenvalue weighted by atomic mass is 16.5. The van der Waals surface area contributed by atoms with Crippen molar-refractivity contribution >= 4 is 10.8 Å². The lowest BCUT2D eigenvalue weighted by Gasteiger charge is -2.15. The summed E-state index contributed by atoms with van der Waals surface area (Å²) < 4.78 is 5.99. The fourth-order valence-electron chi connectivity index (χ4n) is 4.65. The monoisotopic (exact) mass is 489 g/mol. The molecule has 0 bridgehead atoms. The first-order chi connectivity index (χ1) is 18.2. The van der Waals surface area contributed by atoms with Gasteiger partial charge in [-0.05, 0) is 107 Å². The highest BCUT2D eigenvalue weighted by molar-refractivity contribution is 5.93. The van der Waals surface area contributed by atoms with Gasteiger partial charge in [0.2, 0.25) is 0 Å². The van der Waals surface area contributed by atoms with Crippen molar-refractivity contribution in [2.24, 2.45) is 0 Å². The number of phenolic OH excluding ortho intramolecular Hbond substituents is 2. The third kappa shape index (κ3) is 6.22. The van der Waals surface area contributed by atoms with Gasteiger partial charge in [-0.25, -0.2) is 0 Å². The zero-order valence-corrected chi connectivity index (χ0v) is 20.7. The number of rotatable bonds is 9. The summed E-state index contributed by atoms with van der Waals surface area (Å²) in [6.45, 7) is 0.691. The van der Waals surface area contributed by atoms with Crippen LogP contribution in [0, 0.1) is 0 Å². The Morgan fingerprint density at radius 1 is 0.730 bits per heavy atom. The van der Waals surface area contributed by atoms with E-state index < -0.39 is 0 Å². The van der Waals surface area contributed by atoms with E-state index in [0.29, 0.717) is 6.61 Å². The molecule has 4 aromatic rings. The summed E-state index contributed by atoms with van der Waals surface area (Å²) in [5.74, 6) is 1.38. The third-order valence-corrected chi connectivity index (χ3v) is 6.59. The van der Waals surface area contributed by atoms with Gasteiger partial charge in [-0.3, -0.25) is 0 Å². The summed E-state index contributed by atoms with van der Waals surface area (Å²) in [7, 11) is 0. The lowest BCUT2D eigenvalue weighted by Crippen LogP contribution is -2.05. The van der Waals surface area contributed by atoms with Crippen LogP contribution in [0.2, 0.25) is 0 Å². The van der Waals surface area contributed by atoms with Crippen LogP contribution in [-0.4, -0.2) is 16.8 Å². The molecule has 37 heavy (non-hydrogen) atoms. The molecule has 3 N–H and O–H groups in total. The molecule has 4 nitrogen and oxygen atoms in total. The van der Waals surface area contributed by atoms with Crippen molar-refractivity contribution in [1.82, 2.24) is 5.32 Å². The van der Waals surface area contributed by atoms with Gasteiger partial charge < -0.3 is 20.3 Å². The number of benzene rings is 4. The Bertz CT molecular complexity index is 1450.